The van der Waals surface area contributed by atoms with E-state index in [1.54, 1.807) is 7.11 Å². The number of aliphatic hydroxyl groups is 1. The first-order chi connectivity index (χ1) is 13.0. The van der Waals surface area contributed by atoms with Crippen LogP contribution in [0.2, 0.25) is 0 Å². The summed E-state index contributed by atoms with van der Waals surface area (Å²) in [5.41, 5.74) is 1.98. The average Bonchev–Trinajstić information content (AvgIpc) is 2.70. The van der Waals surface area contributed by atoms with Crippen LogP contribution in [0.4, 0.5) is 4.79 Å². The molecule has 0 saturated carbocycles. The molecule has 0 aromatic heterocycles. The van der Waals surface area contributed by atoms with Crippen LogP contribution in [-0.4, -0.2) is 31.4 Å². The number of urea groups is 1. The van der Waals surface area contributed by atoms with Crippen LogP contribution in [0.15, 0.2) is 48.5 Å². The minimum absolute atomic E-state index is 0.0206. The fourth-order valence-corrected chi connectivity index (χ4v) is 2.47. The molecule has 146 valence electrons. The number of carbonyl (C=O) groups is 1. The van der Waals surface area contributed by atoms with Gasteiger partial charge in [-0.15, -0.1) is 0 Å². The van der Waals surface area contributed by atoms with Crippen molar-refractivity contribution in [3.05, 3.63) is 59.7 Å². The number of rotatable bonds is 9. The van der Waals surface area contributed by atoms with E-state index in [2.05, 4.69) is 10.6 Å². The molecule has 0 saturated heterocycles. The molecular weight excluding hydrogens is 344 g/mol. The second kappa shape index (κ2) is 10.4. The van der Waals surface area contributed by atoms with Crippen molar-refractivity contribution in [1.82, 2.24) is 10.6 Å². The van der Waals surface area contributed by atoms with Gasteiger partial charge in [-0.25, -0.2) is 4.79 Å². The Kier molecular flexibility index (Phi) is 7.95. The molecule has 6 heteroatoms. The summed E-state index contributed by atoms with van der Waals surface area (Å²) >= 11 is 0. The van der Waals surface area contributed by atoms with Gasteiger partial charge in [0.05, 0.1) is 13.2 Å². The highest BCUT2D eigenvalue weighted by Gasteiger charge is 2.13. The second-order valence-corrected chi connectivity index (χ2v) is 6.55. The van der Waals surface area contributed by atoms with Crippen LogP contribution in [0.3, 0.4) is 0 Å². The van der Waals surface area contributed by atoms with Gasteiger partial charge in [0.1, 0.15) is 6.61 Å². The molecular formula is C21H28N2O4. The van der Waals surface area contributed by atoms with Gasteiger partial charge < -0.3 is 25.2 Å². The van der Waals surface area contributed by atoms with Crippen LogP contribution in [0, 0.1) is 5.92 Å². The Hall–Kier alpha value is -2.73. The Bertz CT molecular complexity index is 721. The van der Waals surface area contributed by atoms with Gasteiger partial charge in [0.25, 0.3) is 0 Å². The molecule has 0 spiro atoms. The average molecular weight is 372 g/mol. The summed E-state index contributed by atoms with van der Waals surface area (Å²) in [6.45, 7) is 4.68. The van der Waals surface area contributed by atoms with Gasteiger partial charge in [-0.1, -0.05) is 43.3 Å². The lowest BCUT2D eigenvalue weighted by molar-refractivity contribution is 0.220. The number of methoxy groups -OCH3 is 1. The summed E-state index contributed by atoms with van der Waals surface area (Å²) < 4.78 is 11.3. The zero-order valence-corrected chi connectivity index (χ0v) is 16.1. The molecule has 2 amide bonds. The molecule has 0 aliphatic carbocycles. The Balaban J connectivity index is 1.96. The van der Waals surface area contributed by atoms with Crippen molar-refractivity contribution in [2.24, 2.45) is 5.92 Å². The van der Waals surface area contributed by atoms with Crippen molar-refractivity contribution in [3.63, 3.8) is 0 Å². The highest BCUT2D eigenvalue weighted by atomic mass is 16.5. The molecule has 0 bridgehead atoms. The Morgan fingerprint density at radius 3 is 2.52 bits per heavy atom. The normalized spacial score (nSPS) is 12.7. The Morgan fingerprint density at radius 2 is 1.85 bits per heavy atom. The minimum Gasteiger partial charge on any atom is -0.493 e. The number of ether oxygens (including phenoxy) is 2. The van der Waals surface area contributed by atoms with Gasteiger partial charge in [-0.2, -0.15) is 0 Å². The monoisotopic (exact) mass is 372 g/mol. The van der Waals surface area contributed by atoms with Crippen LogP contribution in [0.5, 0.6) is 11.5 Å². The van der Waals surface area contributed by atoms with Crippen LogP contribution in [-0.2, 0) is 6.61 Å². The number of hydrogen-bond donors (Lipinski definition) is 3. The van der Waals surface area contributed by atoms with E-state index >= 15 is 0 Å². The predicted molar refractivity (Wildman–Crippen MR) is 105 cm³/mol. The van der Waals surface area contributed by atoms with Gasteiger partial charge in [0.2, 0.25) is 0 Å². The van der Waals surface area contributed by atoms with E-state index in [0.29, 0.717) is 24.7 Å². The molecule has 0 fully saturated rings. The first-order valence-corrected chi connectivity index (χ1v) is 9.03. The predicted octanol–water partition coefficient (Wildman–Crippen LogP) is 3.26. The lowest BCUT2D eigenvalue weighted by atomic mass is 10.1. The molecule has 2 aromatic carbocycles. The SMILES string of the molecule is COc1cc(C(C)NC(=O)NCC(C)CO)ccc1OCc1ccccc1. The number of benzene rings is 2. The summed E-state index contributed by atoms with van der Waals surface area (Å²) in [7, 11) is 1.59. The Labute approximate surface area is 160 Å². The van der Waals surface area contributed by atoms with E-state index < -0.39 is 0 Å². The standard InChI is InChI=1S/C21H28N2O4/c1-15(13-24)12-22-21(25)23-16(2)18-9-10-19(20(11-18)26-3)27-14-17-7-5-4-6-8-17/h4-11,15-16,24H,12-14H2,1-3H3,(H2,22,23,25). The number of nitrogens with one attached hydrogen (secondary N) is 2. The highest BCUT2D eigenvalue weighted by Crippen LogP contribution is 2.31. The van der Waals surface area contributed by atoms with Crippen molar-refractivity contribution in [2.45, 2.75) is 26.5 Å². The largest absolute Gasteiger partial charge is 0.493 e. The van der Waals surface area contributed by atoms with Crippen LogP contribution in [0.25, 0.3) is 0 Å². The van der Waals surface area contributed by atoms with E-state index in [4.69, 9.17) is 14.6 Å². The lowest BCUT2D eigenvalue weighted by Gasteiger charge is -2.18. The lowest BCUT2D eigenvalue weighted by Crippen LogP contribution is -2.39. The van der Waals surface area contributed by atoms with Crippen LogP contribution < -0.4 is 20.1 Å². The third-order valence-electron chi connectivity index (χ3n) is 4.20. The molecule has 27 heavy (non-hydrogen) atoms. The molecule has 2 atom stereocenters. The van der Waals surface area contributed by atoms with E-state index in [1.807, 2.05) is 62.4 Å². The summed E-state index contributed by atoms with van der Waals surface area (Å²) in [4.78, 5) is 12.0. The topological polar surface area (TPSA) is 79.8 Å². The molecule has 0 aliphatic rings. The first-order valence-electron chi connectivity index (χ1n) is 9.03. The third kappa shape index (κ3) is 6.49. The molecule has 6 nitrogen and oxygen atoms in total. The third-order valence-corrected chi connectivity index (χ3v) is 4.20. The second-order valence-electron chi connectivity index (χ2n) is 6.55. The van der Waals surface area contributed by atoms with Crippen molar-refractivity contribution < 1.29 is 19.4 Å². The zero-order valence-electron chi connectivity index (χ0n) is 16.1. The summed E-state index contributed by atoms with van der Waals surface area (Å²) in [6, 6.07) is 15.1. The van der Waals surface area contributed by atoms with Crippen LogP contribution in [0.1, 0.15) is 31.0 Å². The van der Waals surface area contributed by atoms with E-state index in [9.17, 15) is 4.79 Å². The number of hydrogen-bond acceptors (Lipinski definition) is 4. The van der Waals surface area contributed by atoms with Gasteiger partial charge >= 0.3 is 6.03 Å². The fraction of sp³-hybridized carbons (Fsp3) is 0.381. The van der Waals surface area contributed by atoms with Gasteiger partial charge in [-0.3, -0.25) is 0 Å². The van der Waals surface area contributed by atoms with Gasteiger partial charge in [-0.05, 0) is 36.1 Å². The molecule has 2 rings (SSSR count). The molecule has 0 aliphatic heterocycles. The molecule has 3 N–H and O–H groups in total. The van der Waals surface area contributed by atoms with Crippen molar-refractivity contribution >= 4 is 6.03 Å². The summed E-state index contributed by atoms with van der Waals surface area (Å²) in [6.07, 6.45) is 0. The van der Waals surface area contributed by atoms with E-state index in [0.717, 1.165) is 11.1 Å². The number of aliphatic hydroxyl groups excluding tert-OH is 1. The summed E-state index contributed by atoms with van der Waals surface area (Å²) in [5, 5.41) is 14.6. The molecule has 2 unspecified atom stereocenters. The van der Waals surface area contributed by atoms with Crippen LogP contribution >= 0.6 is 0 Å². The number of carbonyl (C=O) groups excluding carboxylic acids is 1. The molecule has 0 heterocycles. The highest BCUT2D eigenvalue weighted by molar-refractivity contribution is 5.74. The van der Waals surface area contributed by atoms with E-state index in [1.165, 1.54) is 0 Å². The van der Waals surface area contributed by atoms with Gasteiger partial charge in [0, 0.05) is 13.2 Å². The quantitative estimate of drug-likeness (QED) is 0.631. The smallest absolute Gasteiger partial charge is 0.315 e. The fourth-order valence-electron chi connectivity index (χ4n) is 2.47. The summed E-state index contributed by atoms with van der Waals surface area (Å²) in [5.74, 6) is 1.29. The van der Waals surface area contributed by atoms with E-state index in [-0.39, 0.29) is 24.6 Å². The van der Waals surface area contributed by atoms with Crippen molar-refractivity contribution in [2.75, 3.05) is 20.3 Å². The molecule has 2 aromatic rings. The molecule has 0 radical (unpaired) electrons. The zero-order chi connectivity index (χ0) is 19.6. The maximum absolute atomic E-state index is 12.0. The maximum atomic E-state index is 12.0. The van der Waals surface area contributed by atoms with Crippen molar-refractivity contribution in [3.8, 4) is 11.5 Å². The first kappa shape index (κ1) is 20.6. The Morgan fingerprint density at radius 1 is 1.11 bits per heavy atom. The number of amides is 2. The van der Waals surface area contributed by atoms with Crippen molar-refractivity contribution in [1.29, 1.82) is 0 Å². The maximum Gasteiger partial charge on any atom is 0.315 e. The van der Waals surface area contributed by atoms with Gasteiger partial charge in [0.15, 0.2) is 11.5 Å². The minimum atomic E-state index is -0.272.